The van der Waals surface area contributed by atoms with Crippen LogP contribution in [0.5, 0.6) is 0 Å². The number of rotatable bonds is 7. The topological polar surface area (TPSA) is 56.8 Å². The highest BCUT2D eigenvalue weighted by atomic mass is 16.8. The second-order valence-corrected chi connectivity index (χ2v) is 6.37. The minimum Gasteiger partial charge on any atom is -0.445 e. The third-order valence-electron chi connectivity index (χ3n) is 3.83. The van der Waals surface area contributed by atoms with Crippen molar-refractivity contribution in [3.63, 3.8) is 0 Å². The van der Waals surface area contributed by atoms with Crippen molar-refractivity contribution >= 4 is 6.09 Å². The van der Waals surface area contributed by atoms with Crippen LogP contribution in [-0.4, -0.2) is 30.1 Å². The first-order chi connectivity index (χ1) is 11.9. The van der Waals surface area contributed by atoms with Crippen LogP contribution in [0.4, 0.5) is 4.79 Å². The van der Waals surface area contributed by atoms with Crippen LogP contribution in [0.2, 0.25) is 0 Å². The lowest BCUT2D eigenvalue weighted by Crippen LogP contribution is -2.46. The zero-order valence-corrected chi connectivity index (χ0v) is 15.1. The molecule has 3 atom stereocenters. The van der Waals surface area contributed by atoms with Crippen molar-refractivity contribution in [1.82, 2.24) is 5.32 Å². The summed E-state index contributed by atoms with van der Waals surface area (Å²) in [5.74, 6) is -0.725. The zero-order chi connectivity index (χ0) is 18.3. The predicted octanol–water partition coefficient (Wildman–Crippen LogP) is 3.95. The Bertz CT molecular complexity index is 597. The largest absolute Gasteiger partial charge is 0.445 e. The highest BCUT2D eigenvalue weighted by Crippen LogP contribution is 2.31. The molecule has 0 aliphatic carbocycles. The quantitative estimate of drug-likeness (QED) is 0.760. The molecular weight excluding hydrogens is 318 g/mol. The third-order valence-corrected chi connectivity index (χ3v) is 3.83. The summed E-state index contributed by atoms with van der Waals surface area (Å²) in [5.41, 5.74) is 0.934. The number of hydrogen-bond donors (Lipinski definition) is 1. The maximum Gasteiger partial charge on any atom is 0.408 e. The second kappa shape index (κ2) is 8.83. The van der Waals surface area contributed by atoms with E-state index in [0.29, 0.717) is 0 Å². The van der Waals surface area contributed by atoms with Gasteiger partial charge in [0.15, 0.2) is 5.79 Å². The van der Waals surface area contributed by atoms with Crippen LogP contribution < -0.4 is 5.32 Å². The maximum atomic E-state index is 12.2. The normalized spacial score (nSPS) is 23.3. The van der Waals surface area contributed by atoms with E-state index in [1.165, 1.54) is 0 Å². The van der Waals surface area contributed by atoms with Crippen molar-refractivity contribution in [1.29, 1.82) is 0 Å². The van der Waals surface area contributed by atoms with Crippen LogP contribution in [-0.2, 0) is 20.8 Å². The number of allylic oxidation sites excluding steroid dienone is 1. The van der Waals surface area contributed by atoms with Gasteiger partial charge < -0.3 is 19.5 Å². The number of alkyl carbamates (subject to hydrolysis) is 1. The molecule has 1 N–H and O–H groups in total. The molecule has 0 unspecified atom stereocenters. The van der Waals surface area contributed by atoms with Gasteiger partial charge in [0, 0.05) is 0 Å². The summed E-state index contributed by atoms with van der Waals surface area (Å²) in [6.07, 6.45) is 5.28. The van der Waals surface area contributed by atoms with E-state index in [1.807, 2.05) is 63.3 Å². The van der Waals surface area contributed by atoms with Gasteiger partial charge in [-0.05, 0) is 25.8 Å². The first-order valence-corrected chi connectivity index (χ1v) is 8.57. The highest BCUT2D eigenvalue weighted by molar-refractivity contribution is 5.68. The fraction of sp³-hybridized carbons (Fsp3) is 0.450. The summed E-state index contributed by atoms with van der Waals surface area (Å²) in [6, 6.07) is 9.18. The van der Waals surface area contributed by atoms with E-state index in [4.69, 9.17) is 14.2 Å². The molecule has 1 amide bonds. The molecule has 2 rings (SSSR count). The molecule has 5 heteroatoms. The molecule has 1 heterocycles. The van der Waals surface area contributed by atoms with Crippen molar-refractivity contribution in [3.8, 4) is 0 Å². The molecule has 1 aliphatic rings. The molecule has 1 saturated heterocycles. The molecule has 1 aromatic carbocycles. The summed E-state index contributed by atoms with van der Waals surface area (Å²) in [4.78, 5) is 12.2. The SMILES string of the molecule is C=C[C@@H]1OC(C)(C)O[C@H]1[C@H](/C=C/CC)NC(=O)OCc1ccccc1. The van der Waals surface area contributed by atoms with E-state index in [2.05, 4.69) is 11.9 Å². The van der Waals surface area contributed by atoms with Crippen LogP contribution in [0.25, 0.3) is 0 Å². The van der Waals surface area contributed by atoms with Gasteiger partial charge in [-0.2, -0.15) is 0 Å². The number of hydrogen-bond acceptors (Lipinski definition) is 4. The summed E-state index contributed by atoms with van der Waals surface area (Å²) in [5, 5.41) is 2.87. The minimum absolute atomic E-state index is 0.218. The number of amides is 1. The van der Waals surface area contributed by atoms with Crippen molar-refractivity contribution < 1.29 is 19.0 Å². The Balaban J connectivity index is 2.00. The molecule has 1 aliphatic heterocycles. The number of nitrogens with one attached hydrogen (secondary N) is 1. The van der Waals surface area contributed by atoms with Gasteiger partial charge in [-0.3, -0.25) is 0 Å². The van der Waals surface area contributed by atoms with Crippen molar-refractivity contribution in [2.45, 2.75) is 57.8 Å². The highest BCUT2D eigenvalue weighted by Gasteiger charge is 2.43. The van der Waals surface area contributed by atoms with Crippen molar-refractivity contribution in [2.24, 2.45) is 0 Å². The van der Waals surface area contributed by atoms with Crippen LogP contribution in [0.15, 0.2) is 55.1 Å². The predicted molar refractivity (Wildman–Crippen MR) is 97.0 cm³/mol. The van der Waals surface area contributed by atoms with Crippen LogP contribution >= 0.6 is 0 Å². The molecule has 136 valence electrons. The van der Waals surface area contributed by atoms with Gasteiger partial charge in [0.05, 0.1) is 6.04 Å². The van der Waals surface area contributed by atoms with Gasteiger partial charge in [-0.25, -0.2) is 4.79 Å². The van der Waals surface area contributed by atoms with Crippen molar-refractivity contribution in [3.05, 3.63) is 60.7 Å². The van der Waals surface area contributed by atoms with Gasteiger partial charge in [0.2, 0.25) is 0 Å². The van der Waals surface area contributed by atoms with Gasteiger partial charge in [0.1, 0.15) is 18.8 Å². The minimum atomic E-state index is -0.725. The Morgan fingerprint density at radius 1 is 1.36 bits per heavy atom. The number of ether oxygens (including phenoxy) is 3. The molecule has 1 fully saturated rings. The third kappa shape index (κ3) is 5.73. The Hall–Kier alpha value is -2.11. The van der Waals surface area contributed by atoms with Crippen molar-refractivity contribution in [2.75, 3.05) is 0 Å². The molecule has 0 aromatic heterocycles. The van der Waals surface area contributed by atoms with Crippen LogP contribution in [0.3, 0.4) is 0 Å². The van der Waals surface area contributed by atoms with E-state index < -0.39 is 11.9 Å². The smallest absolute Gasteiger partial charge is 0.408 e. The lowest BCUT2D eigenvalue weighted by Gasteiger charge is -2.24. The number of benzene rings is 1. The maximum absolute atomic E-state index is 12.2. The second-order valence-electron chi connectivity index (χ2n) is 6.37. The molecule has 25 heavy (non-hydrogen) atoms. The Morgan fingerprint density at radius 3 is 2.72 bits per heavy atom. The number of carbonyl (C=O) groups excluding carboxylic acids is 1. The average Bonchev–Trinajstić information content (AvgIpc) is 2.92. The van der Waals surface area contributed by atoms with E-state index in [1.54, 1.807) is 6.08 Å². The monoisotopic (exact) mass is 345 g/mol. The standard InChI is InChI=1S/C20H27NO4/c1-5-7-13-16(18-17(6-2)24-20(3,4)25-18)21-19(22)23-14-15-11-9-8-10-12-15/h6-13,16-18H,2,5,14H2,1,3-4H3,(H,21,22)/b13-7+/t16-,17-,18-/m0/s1. The van der Waals surface area contributed by atoms with Gasteiger partial charge in [0.25, 0.3) is 0 Å². The van der Waals surface area contributed by atoms with E-state index in [-0.39, 0.29) is 24.9 Å². The van der Waals surface area contributed by atoms with Crippen LogP contribution in [0.1, 0.15) is 32.8 Å². The van der Waals surface area contributed by atoms with Gasteiger partial charge in [-0.15, -0.1) is 6.58 Å². The van der Waals surface area contributed by atoms with Gasteiger partial charge in [-0.1, -0.05) is 55.5 Å². The molecule has 0 spiro atoms. The Kier molecular flexibility index (Phi) is 6.79. The molecule has 0 bridgehead atoms. The summed E-state index contributed by atoms with van der Waals surface area (Å²) in [6.45, 7) is 9.74. The summed E-state index contributed by atoms with van der Waals surface area (Å²) in [7, 11) is 0. The Morgan fingerprint density at radius 2 is 2.08 bits per heavy atom. The fourth-order valence-corrected chi connectivity index (χ4v) is 2.70. The zero-order valence-electron chi connectivity index (χ0n) is 15.1. The molecule has 1 aromatic rings. The first kappa shape index (κ1) is 19.2. The van der Waals surface area contributed by atoms with E-state index in [0.717, 1.165) is 12.0 Å². The average molecular weight is 345 g/mol. The van der Waals surface area contributed by atoms with E-state index >= 15 is 0 Å². The molecule has 5 nitrogen and oxygen atoms in total. The Labute approximate surface area is 149 Å². The summed E-state index contributed by atoms with van der Waals surface area (Å²) >= 11 is 0. The van der Waals surface area contributed by atoms with Gasteiger partial charge >= 0.3 is 6.09 Å². The lowest BCUT2D eigenvalue weighted by molar-refractivity contribution is -0.144. The molecule has 0 radical (unpaired) electrons. The molecule has 0 saturated carbocycles. The first-order valence-electron chi connectivity index (χ1n) is 8.57. The van der Waals surface area contributed by atoms with Crippen LogP contribution in [0, 0.1) is 0 Å². The summed E-state index contributed by atoms with van der Waals surface area (Å²) < 4.78 is 17.1. The fourth-order valence-electron chi connectivity index (χ4n) is 2.70. The number of carbonyl (C=O) groups is 1. The van der Waals surface area contributed by atoms with E-state index in [9.17, 15) is 4.79 Å². The lowest BCUT2D eigenvalue weighted by atomic mass is 10.0. The molecular formula is C20H27NO4.